The van der Waals surface area contributed by atoms with Gasteiger partial charge in [0.2, 0.25) is 0 Å². The summed E-state index contributed by atoms with van der Waals surface area (Å²) >= 11 is 0. The molecule has 1 fully saturated rings. The maximum Gasteiger partial charge on any atom is 0.259 e. The van der Waals surface area contributed by atoms with Crippen LogP contribution in [0.15, 0.2) is 36.5 Å². The van der Waals surface area contributed by atoms with Crippen molar-refractivity contribution < 1.29 is 4.79 Å². The van der Waals surface area contributed by atoms with Crippen molar-refractivity contribution in [3.8, 4) is 0 Å². The first kappa shape index (κ1) is 14.7. The molecule has 1 aromatic heterocycles. The predicted octanol–water partition coefficient (Wildman–Crippen LogP) is 2.50. The maximum absolute atomic E-state index is 12.3. The van der Waals surface area contributed by atoms with Crippen LogP contribution in [0.25, 0.3) is 0 Å². The van der Waals surface area contributed by atoms with Crippen molar-refractivity contribution in [2.75, 3.05) is 18.4 Å². The molecule has 1 aromatic carbocycles. The van der Waals surface area contributed by atoms with Crippen LogP contribution >= 0.6 is 0 Å². The number of carbonyl (C=O) groups excluding carboxylic acids is 1. The molecule has 1 saturated heterocycles. The van der Waals surface area contributed by atoms with Crippen LogP contribution in [0.5, 0.6) is 0 Å². The molecule has 1 aliphatic heterocycles. The maximum atomic E-state index is 12.3. The summed E-state index contributed by atoms with van der Waals surface area (Å²) in [7, 11) is 0. The van der Waals surface area contributed by atoms with E-state index in [0.29, 0.717) is 11.5 Å². The number of rotatable bonds is 3. The van der Waals surface area contributed by atoms with Crippen molar-refractivity contribution in [3.05, 3.63) is 53.6 Å². The molecule has 3 rings (SSSR count). The molecule has 0 radical (unpaired) electrons. The third-order valence-electron chi connectivity index (χ3n) is 3.94. The highest BCUT2D eigenvalue weighted by atomic mass is 16.1. The van der Waals surface area contributed by atoms with Crippen molar-refractivity contribution in [2.24, 2.45) is 0 Å². The Balaban J connectivity index is 1.75. The lowest BCUT2D eigenvalue weighted by atomic mass is 9.98. The van der Waals surface area contributed by atoms with E-state index in [1.807, 2.05) is 37.3 Å². The van der Waals surface area contributed by atoms with E-state index in [-0.39, 0.29) is 5.91 Å². The van der Waals surface area contributed by atoms with Gasteiger partial charge in [-0.3, -0.25) is 4.79 Å². The number of para-hydroxylation sites is 1. The van der Waals surface area contributed by atoms with E-state index in [1.165, 1.54) is 0 Å². The monoisotopic (exact) mass is 296 g/mol. The Bertz CT molecular complexity index is 651. The lowest BCUT2D eigenvalue weighted by molar-refractivity contribution is 0.102. The van der Waals surface area contributed by atoms with Gasteiger partial charge in [0, 0.05) is 24.3 Å². The van der Waals surface area contributed by atoms with E-state index >= 15 is 0 Å². The van der Waals surface area contributed by atoms with Crippen LogP contribution in [0, 0.1) is 6.92 Å². The van der Waals surface area contributed by atoms with Gasteiger partial charge in [-0.25, -0.2) is 9.97 Å². The van der Waals surface area contributed by atoms with Crippen molar-refractivity contribution in [1.82, 2.24) is 15.3 Å². The zero-order valence-electron chi connectivity index (χ0n) is 12.7. The van der Waals surface area contributed by atoms with Crippen molar-refractivity contribution >= 4 is 11.6 Å². The van der Waals surface area contributed by atoms with Crippen molar-refractivity contribution in [1.29, 1.82) is 0 Å². The van der Waals surface area contributed by atoms with Crippen molar-refractivity contribution in [2.45, 2.75) is 25.7 Å². The minimum Gasteiger partial charge on any atom is -0.322 e. The second-order valence-corrected chi connectivity index (χ2v) is 5.59. The number of amides is 1. The number of hydrogen-bond donors (Lipinski definition) is 2. The van der Waals surface area contributed by atoms with E-state index in [9.17, 15) is 4.79 Å². The van der Waals surface area contributed by atoms with Crippen LogP contribution in [0.1, 0.15) is 40.6 Å². The number of piperidine rings is 1. The fraction of sp³-hybridized carbons (Fsp3) is 0.353. The highest BCUT2D eigenvalue weighted by Crippen LogP contribution is 2.21. The lowest BCUT2D eigenvalue weighted by Crippen LogP contribution is -2.29. The Kier molecular flexibility index (Phi) is 4.44. The van der Waals surface area contributed by atoms with Gasteiger partial charge in [0.15, 0.2) is 0 Å². The summed E-state index contributed by atoms with van der Waals surface area (Å²) in [6.45, 7) is 3.84. The molecule has 1 atom stereocenters. The minimum atomic E-state index is -0.169. The normalized spacial score (nSPS) is 18.0. The largest absolute Gasteiger partial charge is 0.322 e. The molecule has 22 heavy (non-hydrogen) atoms. The molecule has 0 bridgehead atoms. The average Bonchev–Trinajstić information content (AvgIpc) is 2.56. The minimum absolute atomic E-state index is 0.169. The smallest absolute Gasteiger partial charge is 0.259 e. The summed E-state index contributed by atoms with van der Waals surface area (Å²) in [5.74, 6) is 1.01. The van der Waals surface area contributed by atoms with E-state index in [4.69, 9.17) is 0 Å². The molecular formula is C17H20N4O. The molecule has 2 heterocycles. The number of aromatic nitrogens is 2. The molecule has 2 N–H and O–H groups in total. The molecule has 0 saturated carbocycles. The fourth-order valence-corrected chi connectivity index (χ4v) is 2.70. The van der Waals surface area contributed by atoms with Crippen LogP contribution in [0.3, 0.4) is 0 Å². The first-order valence-electron chi connectivity index (χ1n) is 7.64. The number of nitrogens with one attached hydrogen (secondary N) is 2. The van der Waals surface area contributed by atoms with Crippen molar-refractivity contribution in [3.63, 3.8) is 0 Å². The number of benzene rings is 1. The zero-order chi connectivity index (χ0) is 15.4. The second kappa shape index (κ2) is 6.66. The van der Waals surface area contributed by atoms with E-state index in [1.54, 1.807) is 6.20 Å². The zero-order valence-corrected chi connectivity index (χ0v) is 12.7. The number of hydrogen-bond acceptors (Lipinski definition) is 4. The fourth-order valence-electron chi connectivity index (χ4n) is 2.70. The molecule has 0 aliphatic carbocycles. The Morgan fingerprint density at radius 2 is 2.14 bits per heavy atom. The van der Waals surface area contributed by atoms with Gasteiger partial charge in [-0.2, -0.15) is 0 Å². The molecule has 0 spiro atoms. The number of aryl methyl sites for hydroxylation is 1. The first-order chi connectivity index (χ1) is 10.7. The van der Waals surface area contributed by atoms with Gasteiger partial charge in [-0.05, 0) is 38.4 Å². The van der Waals surface area contributed by atoms with Gasteiger partial charge in [0.1, 0.15) is 5.82 Å². The second-order valence-electron chi connectivity index (χ2n) is 5.59. The summed E-state index contributed by atoms with van der Waals surface area (Å²) in [6.07, 6.45) is 3.88. The van der Waals surface area contributed by atoms with Gasteiger partial charge >= 0.3 is 0 Å². The SMILES string of the molecule is Cc1nc([C@H]2CCCNC2)ncc1C(=O)Nc1ccccc1. The third-order valence-corrected chi connectivity index (χ3v) is 3.94. The quantitative estimate of drug-likeness (QED) is 0.913. The van der Waals surface area contributed by atoms with Crippen LogP contribution in [0.2, 0.25) is 0 Å². The number of carbonyl (C=O) groups is 1. The van der Waals surface area contributed by atoms with Crippen LogP contribution in [-0.2, 0) is 0 Å². The summed E-state index contributed by atoms with van der Waals surface area (Å²) < 4.78 is 0. The Morgan fingerprint density at radius 3 is 2.82 bits per heavy atom. The lowest BCUT2D eigenvalue weighted by Gasteiger charge is -2.21. The predicted molar refractivity (Wildman–Crippen MR) is 86.0 cm³/mol. The van der Waals surface area contributed by atoms with Gasteiger partial charge in [-0.1, -0.05) is 18.2 Å². The summed E-state index contributed by atoms with van der Waals surface area (Å²) in [5, 5.41) is 6.23. The summed E-state index contributed by atoms with van der Waals surface area (Å²) in [6, 6.07) is 9.40. The number of nitrogens with zero attached hydrogens (tertiary/aromatic N) is 2. The topological polar surface area (TPSA) is 66.9 Å². The van der Waals surface area contributed by atoms with Crippen LogP contribution in [-0.4, -0.2) is 29.0 Å². The average molecular weight is 296 g/mol. The Morgan fingerprint density at radius 1 is 1.32 bits per heavy atom. The molecule has 0 unspecified atom stereocenters. The van der Waals surface area contributed by atoms with E-state index in [2.05, 4.69) is 20.6 Å². The molecule has 114 valence electrons. The molecule has 1 amide bonds. The highest BCUT2D eigenvalue weighted by molar-refractivity contribution is 6.04. The molecule has 2 aromatic rings. The molecule has 5 heteroatoms. The van der Waals surface area contributed by atoms with E-state index < -0.39 is 0 Å². The third kappa shape index (κ3) is 3.31. The standard InChI is InChI=1S/C17H20N4O/c1-12-15(17(22)21-14-7-3-2-4-8-14)11-19-16(20-12)13-6-5-9-18-10-13/h2-4,7-8,11,13,18H,5-6,9-10H2,1H3,(H,21,22)/t13-/m0/s1. The highest BCUT2D eigenvalue weighted by Gasteiger charge is 2.20. The Labute approximate surface area is 130 Å². The van der Waals surface area contributed by atoms with Gasteiger partial charge in [0.05, 0.1) is 11.3 Å². The van der Waals surface area contributed by atoms with Crippen LogP contribution < -0.4 is 10.6 Å². The van der Waals surface area contributed by atoms with E-state index in [0.717, 1.165) is 43.1 Å². The van der Waals surface area contributed by atoms with Gasteiger partial charge in [0.25, 0.3) is 5.91 Å². The molecule has 1 aliphatic rings. The van der Waals surface area contributed by atoms with Gasteiger partial charge < -0.3 is 10.6 Å². The molecule has 5 nitrogen and oxygen atoms in total. The van der Waals surface area contributed by atoms with Crippen LogP contribution in [0.4, 0.5) is 5.69 Å². The Hall–Kier alpha value is -2.27. The first-order valence-corrected chi connectivity index (χ1v) is 7.64. The summed E-state index contributed by atoms with van der Waals surface area (Å²) in [5.41, 5.74) is 2.02. The summed E-state index contributed by atoms with van der Waals surface area (Å²) in [4.78, 5) is 21.3. The molecular weight excluding hydrogens is 276 g/mol. The van der Waals surface area contributed by atoms with Gasteiger partial charge in [-0.15, -0.1) is 0 Å². The number of anilines is 1.